The van der Waals surface area contributed by atoms with Crippen molar-refractivity contribution in [1.82, 2.24) is 24.9 Å². The molecule has 1 unspecified atom stereocenters. The SMILES string of the molecule is Cn1cc(C(=O)NC2CCCc3c2cnn3C)cn1. The number of carbonyl (C=O) groups excluding carboxylic acids is 1. The summed E-state index contributed by atoms with van der Waals surface area (Å²) in [6.07, 6.45) is 8.24. The number of nitrogens with zero attached hydrogens (tertiary/aromatic N) is 4. The first-order valence-electron chi connectivity index (χ1n) is 6.45. The molecule has 0 saturated carbocycles. The highest BCUT2D eigenvalue weighted by molar-refractivity contribution is 5.93. The van der Waals surface area contributed by atoms with Gasteiger partial charge in [0.15, 0.2) is 0 Å². The van der Waals surface area contributed by atoms with Crippen LogP contribution in [0.4, 0.5) is 0 Å². The lowest BCUT2D eigenvalue weighted by Crippen LogP contribution is -2.30. The minimum Gasteiger partial charge on any atom is -0.345 e. The predicted molar refractivity (Wildman–Crippen MR) is 69.6 cm³/mol. The Kier molecular flexibility index (Phi) is 2.85. The van der Waals surface area contributed by atoms with Crippen molar-refractivity contribution in [2.45, 2.75) is 25.3 Å². The van der Waals surface area contributed by atoms with Crippen LogP contribution in [0.3, 0.4) is 0 Å². The van der Waals surface area contributed by atoms with E-state index in [1.54, 1.807) is 24.1 Å². The fraction of sp³-hybridized carbons (Fsp3) is 0.462. The second-order valence-corrected chi connectivity index (χ2v) is 4.99. The Labute approximate surface area is 111 Å². The lowest BCUT2D eigenvalue weighted by molar-refractivity contribution is 0.0932. The minimum atomic E-state index is -0.0743. The van der Waals surface area contributed by atoms with Crippen molar-refractivity contribution in [3.05, 3.63) is 35.4 Å². The molecule has 1 N–H and O–H groups in total. The Morgan fingerprint density at radius 3 is 2.95 bits per heavy atom. The molecule has 0 aliphatic heterocycles. The monoisotopic (exact) mass is 259 g/mol. The molecule has 3 rings (SSSR count). The minimum absolute atomic E-state index is 0.0603. The van der Waals surface area contributed by atoms with Crippen LogP contribution in [0.1, 0.15) is 40.5 Å². The summed E-state index contributed by atoms with van der Waals surface area (Å²) in [5.74, 6) is -0.0743. The first kappa shape index (κ1) is 12.0. The number of aromatic nitrogens is 4. The van der Waals surface area contributed by atoms with Crippen LogP contribution in [0, 0.1) is 0 Å². The van der Waals surface area contributed by atoms with Gasteiger partial charge < -0.3 is 5.32 Å². The van der Waals surface area contributed by atoms with Crippen LogP contribution in [-0.4, -0.2) is 25.5 Å². The maximum absolute atomic E-state index is 12.2. The van der Waals surface area contributed by atoms with Gasteiger partial charge >= 0.3 is 0 Å². The van der Waals surface area contributed by atoms with E-state index in [9.17, 15) is 4.79 Å². The molecule has 6 heteroatoms. The molecule has 1 aliphatic rings. The Morgan fingerprint density at radius 2 is 2.21 bits per heavy atom. The molecule has 0 aromatic carbocycles. The normalized spacial score (nSPS) is 18.1. The largest absolute Gasteiger partial charge is 0.345 e. The number of nitrogens with one attached hydrogen (secondary N) is 1. The summed E-state index contributed by atoms with van der Waals surface area (Å²) in [7, 11) is 3.75. The number of hydrogen-bond donors (Lipinski definition) is 1. The van der Waals surface area contributed by atoms with Crippen LogP contribution in [0.2, 0.25) is 0 Å². The number of fused-ring (bicyclic) bond motifs is 1. The molecule has 1 aliphatic carbocycles. The molecule has 2 aromatic rings. The first-order chi connectivity index (χ1) is 9.15. The molecule has 19 heavy (non-hydrogen) atoms. The van der Waals surface area contributed by atoms with E-state index < -0.39 is 0 Å². The maximum Gasteiger partial charge on any atom is 0.254 e. The molecular formula is C13H17N5O. The number of hydrogen-bond acceptors (Lipinski definition) is 3. The highest BCUT2D eigenvalue weighted by atomic mass is 16.1. The maximum atomic E-state index is 12.2. The molecule has 2 aromatic heterocycles. The molecule has 6 nitrogen and oxygen atoms in total. The topological polar surface area (TPSA) is 64.7 Å². The van der Waals surface area contributed by atoms with Gasteiger partial charge in [-0.05, 0) is 19.3 Å². The van der Waals surface area contributed by atoms with Gasteiger partial charge in [0.25, 0.3) is 5.91 Å². The van der Waals surface area contributed by atoms with Crippen molar-refractivity contribution in [1.29, 1.82) is 0 Å². The summed E-state index contributed by atoms with van der Waals surface area (Å²) in [6.45, 7) is 0. The molecule has 1 amide bonds. The van der Waals surface area contributed by atoms with Gasteiger partial charge in [-0.2, -0.15) is 10.2 Å². The fourth-order valence-electron chi connectivity index (χ4n) is 2.64. The summed E-state index contributed by atoms with van der Waals surface area (Å²) in [5, 5.41) is 11.4. The Balaban J connectivity index is 1.79. The summed E-state index contributed by atoms with van der Waals surface area (Å²) in [6, 6.07) is 0.0603. The Hall–Kier alpha value is -2.11. The molecule has 0 saturated heterocycles. The first-order valence-corrected chi connectivity index (χ1v) is 6.45. The van der Waals surface area contributed by atoms with Crippen LogP contribution in [-0.2, 0) is 20.5 Å². The van der Waals surface area contributed by atoms with Gasteiger partial charge in [-0.15, -0.1) is 0 Å². The molecule has 0 radical (unpaired) electrons. The zero-order valence-corrected chi connectivity index (χ0v) is 11.1. The highest BCUT2D eigenvalue weighted by Crippen LogP contribution is 2.29. The molecule has 0 spiro atoms. The standard InChI is InChI=1S/C13H17N5O/c1-17-8-9(6-14-17)13(19)16-11-4-3-5-12-10(11)7-15-18(12)2/h6-8,11H,3-5H2,1-2H3,(H,16,19). The van der Waals surface area contributed by atoms with Crippen molar-refractivity contribution in [3.8, 4) is 0 Å². The van der Waals surface area contributed by atoms with Crippen molar-refractivity contribution >= 4 is 5.91 Å². The molecule has 0 bridgehead atoms. The van der Waals surface area contributed by atoms with Crippen LogP contribution < -0.4 is 5.32 Å². The van der Waals surface area contributed by atoms with Crippen LogP contribution in [0.5, 0.6) is 0 Å². The summed E-state index contributed by atoms with van der Waals surface area (Å²) in [5.41, 5.74) is 2.97. The highest BCUT2D eigenvalue weighted by Gasteiger charge is 2.25. The second-order valence-electron chi connectivity index (χ2n) is 4.99. The Morgan fingerprint density at radius 1 is 1.37 bits per heavy atom. The third kappa shape index (κ3) is 2.14. The number of amides is 1. The van der Waals surface area contributed by atoms with Gasteiger partial charge in [0.05, 0.1) is 24.0 Å². The van der Waals surface area contributed by atoms with Gasteiger partial charge in [0.1, 0.15) is 0 Å². The van der Waals surface area contributed by atoms with E-state index in [1.807, 2.05) is 17.9 Å². The lowest BCUT2D eigenvalue weighted by Gasteiger charge is -2.23. The average Bonchev–Trinajstić information content (AvgIpc) is 2.98. The smallest absolute Gasteiger partial charge is 0.254 e. The average molecular weight is 259 g/mol. The van der Waals surface area contributed by atoms with Crippen LogP contribution in [0.15, 0.2) is 18.6 Å². The Bertz CT molecular complexity index is 612. The fourth-order valence-corrected chi connectivity index (χ4v) is 2.64. The van der Waals surface area contributed by atoms with Crippen LogP contribution >= 0.6 is 0 Å². The lowest BCUT2D eigenvalue weighted by atomic mass is 9.93. The molecular weight excluding hydrogens is 242 g/mol. The van der Waals surface area contributed by atoms with Gasteiger partial charge in [-0.3, -0.25) is 14.2 Å². The third-order valence-electron chi connectivity index (χ3n) is 3.65. The molecule has 0 fully saturated rings. The summed E-state index contributed by atoms with van der Waals surface area (Å²) < 4.78 is 3.53. The van der Waals surface area contributed by atoms with Crippen molar-refractivity contribution in [3.63, 3.8) is 0 Å². The quantitative estimate of drug-likeness (QED) is 0.873. The molecule has 100 valence electrons. The summed E-state index contributed by atoms with van der Waals surface area (Å²) >= 11 is 0. The zero-order valence-electron chi connectivity index (χ0n) is 11.1. The van der Waals surface area contributed by atoms with E-state index in [4.69, 9.17) is 0 Å². The van der Waals surface area contributed by atoms with Gasteiger partial charge in [0, 0.05) is 31.5 Å². The number of aryl methyl sites for hydroxylation is 2. The van der Waals surface area contributed by atoms with Crippen molar-refractivity contribution in [2.75, 3.05) is 0 Å². The van der Waals surface area contributed by atoms with E-state index in [-0.39, 0.29) is 11.9 Å². The summed E-state index contributed by atoms with van der Waals surface area (Å²) in [4.78, 5) is 12.2. The predicted octanol–water partition coefficient (Wildman–Crippen LogP) is 0.961. The third-order valence-corrected chi connectivity index (χ3v) is 3.65. The van der Waals surface area contributed by atoms with Gasteiger partial charge in [-0.25, -0.2) is 0 Å². The molecule has 2 heterocycles. The van der Waals surface area contributed by atoms with Crippen LogP contribution in [0.25, 0.3) is 0 Å². The number of carbonyl (C=O) groups is 1. The van der Waals surface area contributed by atoms with Gasteiger partial charge in [-0.1, -0.05) is 0 Å². The second kappa shape index (κ2) is 4.53. The molecule has 1 atom stereocenters. The zero-order chi connectivity index (χ0) is 13.4. The number of rotatable bonds is 2. The van der Waals surface area contributed by atoms with Gasteiger partial charge in [0.2, 0.25) is 0 Å². The van der Waals surface area contributed by atoms with E-state index >= 15 is 0 Å². The van der Waals surface area contributed by atoms with Crippen molar-refractivity contribution in [2.24, 2.45) is 14.1 Å². The van der Waals surface area contributed by atoms with Crippen molar-refractivity contribution < 1.29 is 4.79 Å². The van der Waals surface area contributed by atoms with E-state index in [2.05, 4.69) is 15.5 Å². The van der Waals surface area contributed by atoms with E-state index in [1.165, 1.54) is 5.69 Å². The van der Waals surface area contributed by atoms with E-state index in [0.717, 1.165) is 24.8 Å². The van der Waals surface area contributed by atoms with E-state index in [0.29, 0.717) is 5.56 Å².